The maximum Gasteiger partial charge on any atom is 0.303 e. The van der Waals surface area contributed by atoms with Gasteiger partial charge in [-0.05, 0) is 67.7 Å². The predicted molar refractivity (Wildman–Crippen MR) is 79.9 cm³/mol. The first kappa shape index (κ1) is 15.2. The molecular formula is C16H21ClO3. The Hall–Kier alpha value is -1.22. The number of halogens is 1. The zero-order chi connectivity index (χ0) is 15.0. The van der Waals surface area contributed by atoms with Crippen molar-refractivity contribution < 1.29 is 14.6 Å². The first-order valence-corrected chi connectivity index (χ1v) is 7.31. The van der Waals surface area contributed by atoms with Crippen LogP contribution in [0.25, 0.3) is 0 Å². The van der Waals surface area contributed by atoms with Crippen molar-refractivity contribution in [2.75, 3.05) is 7.11 Å². The summed E-state index contributed by atoms with van der Waals surface area (Å²) in [6, 6.07) is 0. The maximum atomic E-state index is 11.2. The van der Waals surface area contributed by atoms with E-state index < -0.39 is 5.97 Å². The number of hydrogen-bond donors (Lipinski definition) is 1. The van der Waals surface area contributed by atoms with E-state index >= 15 is 0 Å². The summed E-state index contributed by atoms with van der Waals surface area (Å²) < 4.78 is 5.38. The molecule has 1 aromatic rings. The SMILES string of the molecule is COc1c(C)c(C)c(C(CC(=O)O)C2CC2)c(C)c1Cl. The second-order valence-corrected chi connectivity index (χ2v) is 6.06. The molecule has 3 nitrogen and oxygen atoms in total. The van der Waals surface area contributed by atoms with E-state index in [0.29, 0.717) is 16.7 Å². The van der Waals surface area contributed by atoms with Gasteiger partial charge in [0.1, 0.15) is 5.75 Å². The van der Waals surface area contributed by atoms with Crippen LogP contribution in [0.5, 0.6) is 5.75 Å². The summed E-state index contributed by atoms with van der Waals surface area (Å²) in [4.78, 5) is 11.2. The number of rotatable bonds is 5. The molecule has 1 atom stereocenters. The molecule has 1 aliphatic carbocycles. The molecule has 0 spiro atoms. The van der Waals surface area contributed by atoms with Gasteiger partial charge in [0.2, 0.25) is 0 Å². The zero-order valence-corrected chi connectivity index (χ0v) is 13.2. The predicted octanol–water partition coefficient (Wildman–Crippen LogP) is 4.24. The average Bonchev–Trinajstić information content (AvgIpc) is 3.20. The van der Waals surface area contributed by atoms with Crippen molar-refractivity contribution in [2.45, 2.75) is 46.0 Å². The number of carboxylic acids is 1. The van der Waals surface area contributed by atoms with Crippen LogP contribution in [0.15, 0.2) is 0 Å². The topological polar surface area (TPSA) is 46.5 Å². The molecule has 0 aromatic heterocycles. The second-order valence-electron chi connectivity index (χ2n) is 5.68. The van der Waals surface area contributed by atoms with Crippen molar-refractivity contribution in [3.8, 4) is 5.75 Å². The normalized spacial score (nSPS) is 16.1. The smallest absolute Gasteiger partial charge is 0.303 e. The summed E-state index contributed by atoms with van der Waals surface area (Å²) in [5.41, 5.74) is 4.19. The van der Waals surface area contributed by atoms with Gasteiger partial charge in [-0.15, -0.1) is 0 Å². The largest absolute Gasteiger partial charge is 0.495 e. The molecule has 0 bridgehead atoms. The highest BCUT2D eigenvalue weighted by atomic mass is 35.5. The van der Waals surface area contributed by atoms with Gasteiger partial charge in [-0.2, -0.15) is 0 Å². The van der Waals surface area contributed by atoms with Gasteiger partial charge in [-0.25, -0.2) is 0 Å². The summed E-state index contributed by atoms with van der Waals surface area (Å²) >= 11 is 6.41. The van der Waals surface area contributed by atoms with Crippen LogP contribution in [-0.2, 0) is 4.79 Å². The fourth-order valence-corrected chi connectivity index (χ4v) is 3.42. The summed E-state index contributed by atoms with van der Waals surface area (Å²) in [6.45, 7) is 5.98. The molecule has 0 saturated heterocycles. The van der Waals surface area contributed by atoms with Crippen molar-refractivity contribution in [1.29, 1.82) is 0 Å². The lowest BCUT2D eigenvalue weighted by Crippen LogP contribution is -2.13. The van der Waals surface area contributed by atoms with E-state index in [-0.39, 0.29) is 12.3 Å². The monoisotopic (exact) mass is 296 g/mol. The fourth-order valence-electron chi connectivity index (χ4n) is 3.10. The van der Waals surface area contributed by atoms with E-state index in [1.807, 2.05) is 20.8 Å². The number of carbonyl (C=O) groups is 1. The van der Waals surface area contributed by atoms with E-state index in [1.54, 1.807) is 7.11 Å². The minimum absolute atomic E-state index is 0.0645. The third kappa shape index (κ3) is 2.64. The Morgan fingerprint density at radius 2 is 1.90 bits per heavy atom. The highest BCUT2D eigenvalue weighted by Gasteiger charge is 2.36. The van der Waals surface area contributed by atoms with E-state index in [2.05, 4.69) is 0 Å². The Morgan fingerprint density at radius 3 is 2.35 bits per heavy atom. The highest BCUT2D eigenvalue weighted by Crippen LogP contribution is 2.49. The quantitative estimate of drug-likeness (QED) is 0.884. The van der Waals surface area contributed by atoms with E-state index in [0.717, 1.165) is 35.1 Å². The molecule has 0 radical (unpaired) electrons. The van der Waals surface area contributed by atoms with Gasteiger partial charge in [-0.3, -0.25) is 4.79 Å². The van der Waals surface area contributed by atoms with Gasteiger partial charge in [-0.1, -0.05) is 11.6 Å². The number of carboxylic acid groups (broad SMARTS) is 1. The van der Waals surface area contributed by atoms with Gasteiger partial charge in [0.25, 0.3) is 0 Å². The highest BCUT2D eigenvalue weighted by molar-refractivity contribution is 6.33. The van der Waals surface area contributed by atoms with Gasteiger partial charge < -0.3 is 9.84 Å². The standard InChI is InChI=1S/C16H21ClO3/c1-8-9(2)16(20-4)15(17)10(3)14(8)12(7-13(18)19)11-5-6-11/h11-12H,5-7H2,1-4H3,(H,18,19). The fraction of sp³-hybridized carbons (Fsp3) is 0.562. The van der Waals surface area contributed by atoms with Crippen LogP contribution in [-0.4, -0.2) is 18.2 Å². The Balaban J connectivity index is 2.57. The third-order valence-electron chi connectivity index (χ3n) is 4.40. The van der Waals surface area contributed by atoms with E-state index in [1.165, 1.54) is 0 Å². The van der Waals surface area contributed by atoms with Crippen molar-refractivity contribution >= 4 is 17.6 Å². The molecule has 110 valence electrons. The first-order chi connectivity index (χ1) is 9.38. The van der Waals surface area contributed by atoms with E-state index in [4.69, 9.17) is 16.3 Å². The summed E-state index contributed by atoms with van der Waals surface area (Å²) in [5.74, 6) is 0.502. The molecule has 1 aromatic carbocycles. The van der Waals surface area contributed by atoms with Crippen molar-refractivity contribution in [3.63, 3.8) is 0 Å². The molecule has 2 rings (SSSR count). The van der Waals surface area contributed by atoms with Crippen LogP contribution in [0.2, 0.25) is 5.02 Å². The molecule has 1 aliphatic rings. The zero-order valence-electron chi connectivity index (χ0n) is 12.4. The number of aliphatic carboxylic acids is 1. The molecule has 0 amide bonds. The Morgan fingerprint density at radius 1 is 1.30 bits per heavy atom. The van der Waals surface area contributed by atoms with Crippen molar-refractivity contribution in [1.82, 2.24) is 0 Å². The summed E-state index contributed by atoms with van der Waals surface area (Å²) in [7, 11) is 1.61. The molecule has 1 unspecified atom stereocenters. The lowest BCUT2D eigenvalue weighted by atomic mass is 9.83. The van der Waals surface area contributed by atoms with Crippen molar-refractivity contribution in [3.05, 3.63) is 27.3 Å². The molecule has 0 heterocycles. The maximum absolute atomic E-state index is 11.2. The first-order valence-electron chi connectivity index (χ1n) is 6.93. The lowest BCUT2D eigenvalue weighted by Gasteiger charge is -2.24. The van der Waals surface area contributed by atoms with Crippen LogP contribution in [0, 0.1) is 26.7 Å². The van der Waals surface area contributed by atoms with Crippen LogP contribution in [0.3, 0.4) is 0 Å². The molecule has 1 saturated carbocycles. The second kappa shape index (κ2) is 5.65. The van der Waals surface area contributed by atoms with Gasteiger partial charge in [0.05, 0.1) is 18.6 Å². The molecule has 1 N–H and O–H groups in total. The molecule has 1 fully saturated rings. The van der Waals surface area contributed by atoms with E-state index in [9.17, 15) is 9.90 Å². The number of benzene rings is 1. The van der Waals surface area contributed by atoms with Crippen LogP contribution in [0.1, 0.15) is 47.4 Å². The van der Waals surface area contributed by atoms with Gasteiger partial charge in [0.15, 0.2) is 0 Å². The number of hydrogen-bond acceptors (Lipinski definition) is 2. The molecule has 0 aliphatic heterocycles. The third-order valence-corrected chi connectivity index (χ3v) is 4.86. The van der Waals surface area contributed by atoms with Crippen LogP contribution < -0.4 is 4.74 Å². The Bertz CT molecular complexity index is 518. The summed E-state index contributed by atoms with van der Waals surface area (Å²) in [5, 5.41) is 9.80. The van der Waals surface area contributed by atoms with Gasteiger partial charge >= 0.3 is 5.97 Å². The Kier molecular flexibility index (Phi) is 4.28. The Labute approximate surface area is 124 Å². The van der Waals surface area contributed by atoms with Crippen LogP contribution >= 0.6 is 11.6 Å². The minimum Gasteiger partial charge on any atom is -0.495 e. The number of ether oxygens (including phenoxy) is 1. The summed E-state index contributed by atoms with van der Waals surface area (Å²) in [6.07, 6.45) is 2.40. The lowest BCUT2D eigenvalue weighted by molar-refractivity contribution is -0.137. The minimum atomic E-state index is -0.745. The van der Waals surface area contributed by atoms with Gasteiger partial charge in [0, 0.05) is 0 Å². The van der Waals surface area contributed by atoms with Crippen LogP contribution in [0.4, 0.5) is 0 Å². The molecule has 4 heteroatoms. The molecular weight excluding hydrogens is 276 g/mol. The average molecular weight is 297 g/mol. The number of methoxy groups -OCH3 is 1. The molecule has 20 heavy (non-hydrogen) atoms. The van der Waals surface area contributed by atoms with Crippen molar-refractivity contribution in [2.24, 2.45) is 5.92 Å².